The zero-order valence-corrected chi connectivity index (χ0v) is 12.1. The molecule has 2 rings (SSSR count). The van der Waals surface area contributed by atoms with Crippen LogP contribution >= 0.6 is 0 Å². The quantitative estimate of drug-likeness (QED) is 0.528. The molecule has 1 aromatic carbocycles. The van der Waals surface area contributed by atoms with Crippen molar-refractivity contribution in [2.75, 3.05) is 5.73 Å². The number of Topliss-reactive ketones (excluding diaryl/α,β-unsaturated/α-hetero) is 1. The number of hydrogen-bond acceptors (Lipinski definition) is 2. The summed E-state index contributed by atoms with van der Waals surface area (Å²) in [5.41, 5.74) is 11.5. The summed E-state index contributed by atoms with van der Waals surface area (Å²) < 4.78 is 1.99. The van der Waals surface area contributed by atoms with Gasteiger partial charge in [0.15, 0.2) is 12.0 Å². The molecule has 0 saturated heterocycles. The molecule has 0 atom stereocenters. The molecule has 3 nitrogen and oxygen atoms in total. The van der Waals surface area contributed by atoms with Gasteiger partial charge in [0, 0.05) is 23.4 Å². The molecule has 1 aromatic heterocycles. The number of rotatable bonds is 3. The average Bonchev–Trinajstić information content (AvgIpc) is 2.41. The number of nitrogens with two attached hydrogens (primary N) is 1. The van der Waals surface area contributed by atoms with Crippen molar-refractivity contribution in [2.24, 2.45) is 7.05 Å². The van der Waals surface area contributed by atoms with Gasteiger partial charge in [0.2, 0.25) is 5.69 Å². The topological polar surface area (TPSA) is 47.0 Å². The average molecular weight is 267 g/mol. The molecule has 20 heavy (non-hydrogen) atoms. The molecule has 0 aliphatic heterocycles. The molecule has 0 spiro atoms. The Morgan fingerprint density at radius 2 is 2.05 bits per heavy atom. The Balaban J connectivity index is 2.67. The molecule has 3 heteroatoms. The largest absolute Gasteiger partial charge is 0.398 e. The number of anilines is 1. The second kappa shape index (κ2) is 5.29. The Hall–Kier alpha value is -2.42. The first-order chi connectivity index (χ1) is 9.43. The van der Waals surface area contributed by atoms with Crippen LogP contribution in [0.15, 0.2) is 37.0 Å². The van der Waals surface area contributed by atoms with E-state index in [9.17, 15) is 4.79 Å². The van der Waals surface area contributed by atoms with Crippen LogP contribution in [0.2, 0.25) is 0 Å². The number of pyridine rings is 1. The van der Waals surface area contributed by atoms with Crippen LogP contribution in [0.4, 0.5) is 5.69 Å². The molecule has 0 aliphatic rings. The predicted octanol–water partition coefficient (Wildman–Crippen LogP) is 2.91. The van der Waals surface area contributed by atoms with Gasteiger partial charge in [-0.25, -0.2) is 4.57 Å². The fourth-order valence-corrected chi connectivity index (χ4v) is 2.26. The lowest BCUT2D eigenvalue weighted by molar-refractivity contribution is -0.660. The lowest BCUT2D eigenvalue weighted by Gasteiger charge is -2.09. The monoisotopic (exact) mass is 267 g/mol. The van der Waals surface area contributed by atoms with E-state index >= 15 is 0 Å². The van der Waals surface area contributed by atoms with Crippen LogP contribution in [0.5, 0.6) is 0 Å². The maximum atomic E-state index is 11.5. The lowest BCUT2D eigenvalue weighted by atomic mass is 9.98. The fraction of sp³-hybridized carbons (Fsp3) is 0.176. The van der Waals surface area contributed by atoms with Crippen LogP contribution in [-0.2, 0) is 7.05 Å². The number of nitrogens with zero attached hydrogens (tertiary/aromatic N) is 1. The first-order valence-corrected chi connectivity index (χ1v) is 6.47. The standard InChI is InChI=1S/C17H19N2O/c1-5-13-8-11(2)15(10-16(13)18)17-9-14(12(3)20)6-7-19(17)4/h5-10H,1,18H2,2-4H3/q+1. The molecule has 0 saturated carbocycles. The van der Waals surface area contributed by atoms with Crippen LogP contribution in [0.1, 0.15) is 28.4 Å². The van der Waals surface area contributed by atoms with Crippen molar-refractivity contribution in [1.29, 1.82) is 0 Å². The van der Waals surface area contributed by atoms with E-state index in [2.05, 4.69) is 6.58 Å². The van der Waals surface area contributed by atoms with Crippen LogP contribution in [0.25, 0.3) is 17.3 Å². The first kappa shape index (κ1) is 14.0. The molecule has 0 bridgehead atoms. The molecule has 102 valence electrons. The number of nitrogen functional groups attached to an aromatic ring is 1. The minimum Gasteiger partial charge on any atom is -0.398 e. The van der Waals surface area contributed by atoms with Gasteiger partial charge < -0.3 is 5.73 Å². The Kier molecular flexibility index (Phi) is 3.70. The summed E-state index contributed by atoms with van der Waals surface area (Å²) in [5.74, 6) is 0.0557. The number of carbonyl (C=O) groups is 1. The Labute approximate surface area is 119 Å². The number of aromatic nitrogens is 1. The molecular formula is C17H19N2O+. The Morgan fingerprint density at radius 3 is 2.65 bits per heavy atom. The minimum atomic E-state index is 0.0557. The van der Waals surface area contributed by atoms with Crippen LogP contribution in [0.3, 0.4) is 0 Å². The van der Waals surface area contributed by atoms with Crippen LogP contribution in [-0.4, -0.2) is 5.78 Å². The molecule has 0 radical (unpaired) electrons. The highest BCUT2D eigenvalue weighted by molar-refractivity contribution is 5.94. The Morgan fingerprint density at radius 1 is 1.35 bits per heavy atom. The van der Waals surface area contributed by atoms with Crippen molar-refractivity contribution in [3.8, 4) is 11.3 Å². The van der Waals surface area contributed by atoms with E-state index in [0.717, 1.165) is 22.4 Å². The van der Waals surface area contributed by atoms with Crippen molar-refractivity contribution in [2.45, 2.75) is 13.8 Å². The highest BCUT2D eigenvalue weighted by Crippen LogP contribution is 2.27. The third-order valence-corrected chi connectivity index (χ3v) is 3.48. The molecular weight excluding hydrogens is 248 g/mol. The summed E-state index contributed by atoms with van der Waals surface area (Å²) in [5, 5.41) is 0. The van der Waals surface area contributed by atoms with Gasteiger partial charge in [-0.15, -0.1) is 0 Å². The number of carbonyl (C=O) groups excluding carboxylic acids is 1. The maximum Gasteiger partial charge on any atom is 0.213 e. The van der Waals surface area contributed by atoms with Gasteiger partial charge in [-0.05, 0) is 37.1 Å². The zero-order chi connectivity index (χ0) is 14.9. The van der Waals surface area contributed by atoms with E-state index in [4.69, 9.17) is 5.73 Å². The lowest BCUT2D eigenvalue weighted by Crippen LogP contribution is -2.31. The predicted molar refractivity (Wildman–Crippen MR) is 82.3 cm³/mol. The van der Waals surface area contributed by atoms with Gasteiger partial charge >= 0.3 is 0 Å². The number of benzene rings is 1. The van der Waals surface area contributed by atoms with E-state index in [-0.39, 0.29) is 5.78 Å². The maximum absolute atomic E-state index is 11.5. The van der Waals surface area contributed by atoms with E-state index in [1.165, 1.54) is 0 Å². The SMILES string of the molecule is C=Cc1cc(C)c(-c2cc(C(C)=O)cc[n+]2C)cc1N. The van der Waals surface area contributed by atoms with E-state index < -0.39 is 0 Å². The summed E-state index contributed by atoms with van der Waals surface area (Å²) in [6.07, 6.45) is 3.64. The van der Waals surface area contributed by atoms with Gasteiger partial charge in [-0.2, -0.15) is 0 Å². The van der Waals surface area contributed by atoms with Crippen molar-refractivity contribution >= 4 is 17.5 Å². The summed E-state index contributed by atoms with van der Waals surface area (Å²) in [6, 6.07) is 7.67. The third kappa shape index (κ3) is 2.48. The van der Waals surface area contributed by atoms with Crippen molar-refractivity contribution in [1.82, 2.24) is 0 Å². The second-order valence-electron chi connectivity index (χ2n) is 4.97. The highest BCUT2D eigenvalue weighted by atomic mass is 16.1. The highest BCUT2D eigenvalue weighted by Gasteiger charge is 2.16. The summed E-state index contributed by atoms with van der Waals surface area (Å²) in [6.45, 7) is 7.36. The molecule has 1 heterocycles. The summed E-state index contributed by atoms with van der Waals surface area (Å²) in [7, 11) is 1.95. The number of aryl methyl sites for hydroxylation is 2. The number of ketones is 1. The van der Waals surface area contributed by atoms with Crippen LogP contribution < -0.4 is 10.3 Å². The molecule has 0 aliphatic carbocycles. The fourth-order valence-electron chi connectivity index (χ4n) is 2.26. The molecule has 2 aromatic rings. The third-order valence-electron chi connectivity index (χ3n) is 3.48. The van der Waals surface area contributed by atoms with Crippen molar-refractivity contribution in [3.63, 3.8) is 0 Å². The van der Waals surface area contributed by atoms with Crippen molar-refractivity contribution in [3.05, 3.63) is 53.7 Å². The van der Waals surface area contributed by atoms with Crippen LogP contribution in [0, 0.1) is 6.92 Å². The second-order valence-corrected chi connectivity index (χ2v) is 4.97. The van der Waals surface area contributed by atoms with Gasteiger partial charge in [0.1, 0.15) is 7.05 Å². The summed E-state index contributed by atoms with van der Waals surface area (Å²) >= 11 is 0. The first-order valence-electron chi connectivity index (χ1n) is 6.47. The Bertz CT molecular complexity index is 702. The summed E-state index contributed by atoms with van der Waals surface area (Å²) in [4.78, 5) is 11.5. The van der Waals surface area contributed by atoms with Crippen molar-refractivity contribution < 1.29 is 9.36 Å². The van der Waals surface area contributed by atoms with E-state index in [1.807, 2.05) is 49.0 Å². The minimum absolute atomic E-state index is 0.0557. The molecule has 0 unspecified atom stereocenters. The van der Waals surface area contributed by atoms with E-state index in [0.29, 0.717) is 11.3 Å². The van der Waals surface area contributed by atoms with Gasteiger partial charge in [0.05, 0.1) is 5.56 Å². The molecule has 0 fully saturated rings. The smallest absolute Gasteiger partial charge is 0.213 e. The molecule has 2 N–H and O–H groups in total. The number of hydrogen-bond donors (Lipinski definition) is 1. The normalized spacial score (nSPS) is 10.3. The van der Waals surface area contributed by atoms with Gasteiger partial charge in [-0.1, -0.05) is 12.7 Å². The van der Waals surface area contributed by atoms with E-state index in [1.54, 1.807) is 13.0 Å². The van der Waals surface area contributed by atoms with Gasteiger partial charge in [0.25, 0.3) is 0 Å². The molecule has 0 amide bonds. The van der Waals surface area contributed by atoms with Gasteiger partial charge in [-0.3, -0.25) is 4.79 Å². The zero-order valence-electron chi connectivity index (χ0n) is 12.1.